The van der Waals surface area contributed by atoms with Gasteiger partial charge in [-0.2, -0.15) is 11.8 Å². The van der Waals surface area contributed by atoms with Crippen molar-refractivity contribution in [2.45, 2.75) is 45.7 Å². The average molecular weight is 281 g/mol. The van der Waals surface area contributed by atoms with Crippen molar-refractivity contribution < 1.29 is 0 Å². The zero-order chi connectivity index (χ0) is 14.5. The van der Waals surface area contributed by atoms with Crippen LogP contribution in [0.1, 0.15) is 34.1 Å². The van der Waals surface area contributed by atoms with Crippen LogP contribution < -0.4 is 10.2 Å². The van der Waals surface area contributed by atoms with Crippen molar-refractivity contribution in [3.8, 4) is 0 Å². The molecule has 0 aliphatic rings. The molecule has 1 aromatic rings. The molecule has 1 rings (SSSR count). The van der Waals surface area contributed by atoms with Crippen LogP contribution >= 0.6 is 11.8 Å². The molecule has 1 atom stereocenters. The van der Waals surface area contributed by atoms with Crippen LogP contribution in [0.25, 0.3) is 0 Å². The van der Waals surface area contributed by atoms with Crippen LogP contribution in [0.15, 0.2) is 18.2 Å². The van der Waals surface area contributed by atoms with Crippen molar-refractivity contribution >= 4 is 23.4 Å². The predicted octanol–water partition coefficient (Wildman–Crippen LogP) is 3.87. The molecule has 0 saturated heterocycles. The first kappa shape index (κ1) is 16.2. The van der Waals surface area contributed by atoms with E-state index in [0.717, 1.165) is 23.8 Å². The maximum absolute atomic E-state index is 4.71. The van der Waals surface area contributed by atoms with Gasteiger partial charge in [0, 0.05) is 24.4 Å². The Bertz CT molecular complexity index is 387. The van der Waals surface area contributed by atoms with Gasteiger partial charge >= 0.3 is 0 Å². The zero-order valence-electron chi connectivity index (χ0n) is 13.0. The van der Waals surface area contributed by atoms with E-state index in [1.165, 1.54) is 0 Å². The molecule has 4 heteroatoms. The molecule has 0 aliphatic heterocycles. The van der Waals surface area contributed by atoms with Gasteiger partial charge in [0.05, 0.1) is 0 Å². The van der Waals surface area contributed by atoms with Crippen LogP contribution in [-0.4, -0.2) is 35.6 Å². The number of hydrogen-bond donors (Lipinski definition) is 1. The zero-order valence-corrected chi connectivity index (χ0v) is 13.8. The van der Waals surface area contributed by atoms with E-state index in [0.29, 0.717) is 6.04 Å². The molecule has 1 N–H and O–H groups in total. The minimum atomic E-state index is 0.0353. The van der Waals surface area contributed by atoms with Gasteiger partial charge in [0.2, 0.25) is 0 Å². The summed E-state index contributed by atoms with van der Waals surface area (Å²) >= 11 is 1.89. The summed E-state index contributed by atoms with van der Waals surface area (Å²) in [6.07, 6.45) is 3.29. The molecular formula is C15H27N3S. The highest BCUT2D eigenvalue weighted by molar-refractivity contribution is 7.98. The summed E-state index contributed by atoms with van der Waals surface area (Å²) in [5.41, 5.74) is 0.0353. The highest BCUT2D eigenvalue weighted by Gasteiger charge is 2.15. The van der Waals surface area contributed by atoms with Crippen LogP contribution in [0.5, 0.6) is 0 Å². The molecule has 0 aliphatic carbocycles. The second-order valence-corrected chi connectivity index (χ2v) is 6.80. The largest absolute Gasteiger partial charge is 0.365 e. The number of anilines is 2. The Balaban J connectivity index is 2.85. The van der Waals surface area contributed by atoms with Gasteiger partial charge in [0.15, 0.2) is 0 Å². The van der Waals surface area contributed by atoms with E-state index >= 15 is 0 Å². The van der Waals surface area contributed by atoms with Gasteiger partial charge in [-0.05, 0) is 45.6 Å². The van der Waals surface area contributed by atoms with E-state index in [2.05, 4.69) is 63.3 Å². The second kappa shape index (κ2) is 7.04. The standard InChI is InChI=1S/C15H27N3S/c1-7-12(11-19-6)18(5)14-10-8-9-13(16-14)17-15(2,3)4/h8-10,12H,7,11H2,1-6H3,(H,16,17). The molecule has 0 amide bonds. The molecule has 19 heavy (non-hydrogen) atoms. The van der Waals surface area contributed by atoms with Gasteiger partial charge in [-0.25, -0.2) is 4.98 Å². The minimum Gasteiger partial charge on any atom is -0.365 e. The van der Waals surface area contributed by atoms with Gasteiger partial charge in [-0.3, -0.25) is 0 Å². The van der Waals surface area contributed by atoms with Crippen molar-refractivity contribution in [3.05, 3.63) is 18.2 Å². The van der Waals surface area contributed by atoms with Crippen LogP contribution in [0.4, 0.5) is 11.6 Å². The van der Waals surface area contributed by atoms with Gasteiger partial charge in [0.1, 0.15) is 11.6 Å². The molecule has 0 spiro atoms. The topological polar surface area (TPSA) is 28.2 Å². The summed E-state index contributed by atoms with van der Waals surface area (Å²) < 4.78 is 0. The number of nitrogens with one attached hydrogen (secondary N) is 1. The van der Waals surface area contributed by atoms with Crippen LogP contribution in [0.3, 0.4) is 0 Å². The summed E-state index contributed by atoms with van der Waals surface area (Å²) in [4.78, 5) is 7.00. The number of hydrogen-bond acceptors (Lipinski definition) is 4. The normalized spacial score (nSPS) is 13.2. The molecule has 1 heterocycles. The highest BCUT2D eigenvalue weighted by Crippen LogP contribution is 2.20. The minimum absolute atomic E-state index is 0.0353. The van der Waals surface area contributed by atoms with Gasteiger partial charge in [0.25, 0.3) is 0 Å². The van der Waals surface area contributed by atoms with Crippen molar-refractivity contribution in [3.63, 3.8) is 0 Å². The van der Waals surface area contributed by atoms with Crippen molar-refractivity contribution in [1.29, 1.82) is 0 Å². The first-order valence-electron chi connectivity index (χ1n) is 6.84. The Morgan fingerprint density at radius 1 is 1.37 bits per heavy atom. The molecule has 0 radical (unpaired) electrons. The number of pyridine rings is 1. The Kier molecular flexibility index (Phi) is 5.98. The Morgan fingerprint density at radius 3 is 2.58 bits per heavy atom. The third-order valence-electron chi connectivity index (χ3n) is 2.98. The first-order chi connectivity index (χ1) is 8.87. The van der Waals surface area contributed by atoms with E-state index in [1.54, 1.807) is 0 Å². The fraction of sp³-hybridized carbons (Fsp3) is 0.667. The summed E-state index contributed by atoms with van der Waals surface area (Å²) in [7, 11) is 2.13. The molecule has 108 valence electrons. The molecule has 0 aromatic carbocycles. The maximum atomic E-state index is 4.71. The lowest BCUT2D eigenvalue weighted by Gasteiger charge is -2.29. The van der Waals surface area contributed by atoms with Gasteiger partial charge < -0.3 is 10.2 Å². The summed E-state index contributed by atoms with van der Waals surface area (Å²) in [6.45, 7) is 8.67. The number of nitrogens with zero attached hydrogens (tertiary/aromatic N) is 2. The molecule has 0 bridgehead atoms. The maximum Gasteiger partial charge on any atom is 0.130 e. The van der Waals surface area contributed by atoms with Gasteiger partial charge in [-0.15, -0.1) is 0 Å². The Morgan fingerprint density at radius 2 is 2.05 bits per heavy atom. The number of rotatable bonds is 6. The van der Waals surface area contributed by atoms with E-state index in [9.17, 15) is 0 Å². The lowest BCUT2D eigenvalue weighted by atomic mass is 10.1. The van der Waals surface area contributed by atoms with Crippen molar-refractivity contribution in [1.82, 2.24) is 4.98 Å². The fourth-order valence-corrected chi connectivity index (χ4v) is 2.80. The van der Waals surface area contributed by atoms with E-state index in [4.69, 9.17) is 4.98 Å². The third kappa shape index (κ3) is 5.31. The number of thioether (sulfide) groups is 1. The molecule has 1 unspecified atom stereocenters. The Hall–Kier alpha value is -0.900. The van der Waals surface area contributed by atoms with E-state index in [-0.39, 0.29) is 5.54 Å². The van der Waals surface area contributed by atoms with Gasteiger partial charge in [-0.1, -0.05) is 13.0 Å². The predicted molar refractivity (Wildman–Crippen MR) is 88.5 cm³/mol. The average Bonchev–Trinajstić information content (AvgIpc) is 2.33. The van der Waals surface area contributed by atoms with E-state index < -0.39 is 0 Å². The monoisotopic (exact) mass is 281 g/mol. The highest BCUT2D eigenvalue weighted by atomic mass is 32.2. The van der Waals surface area contributed by atoms with E-state index in [1.807, 2.05) is 17.8 Å². The summed E-state index contributed by atoms with van der Waals surface area (Å²) in [5.74, 6) is 3.11. The Labute approximate surface area is 122 Å². The molecule has 0 fully saturated rings. The summed E-state index contributed by atoms with van der Waals surface area (Å²) in [6, 6.07) is 6.71. The van der Waals surface area contributed by atoms with Crippen LogP contribution in [0, 0.1) is 0 Å². The lowest BCUT2D eigenvalue weighted by molar-refractivity contribution is 0.628. The third-order valence-corrected chi connectivity index (χ3v) is 3.69. The molecule has 0 saturated carbocycles. The number of aromatic nitrogens is 1. The second-order valence-electron chi connectivity index (χ2n) is 5.88. The van der Waals surface area contributed by atoms with Crippen LogP contribution in [0.2, 0.25) is 0 Å². The first-order valence-corrected chi connectivity index (χ1v) is 8.23. The van der Waals surface area contributed by atoms with Crippen molar-refractivity contribution in [2.24, 2.45) is 0 Å². The smallest absolute Gasteiger partial charge is 0.130 e. The fourth-order valence-electron chi connectivity index (χ4n) is 1.96. The van der Waals surface area contributed by atoms with Crippen molar-refractivity contribution in [2.75, 3.05) is 29.3 Å². The molecule has 3 nitrogen and oxygen atoms in total. The molecular weight excluding hydrogens is 254 g/mol. The van der Waals surface area contributed by atoms with Crippen LogP contribution in [-0.2, 0) is 0 Å². The SMILES string of the molecule is CCC(CSC)N(C)c1cccc(NC(C)(C)C)n1. The molecule has 1 aromatic heterocycles. The lowest BCUT2D eigenvalue weighted by Crippen LogP contribution is -2.34. The summed E-state index contributed by atoms with van der Waals surface area (Å²) in [5, 5.41) is 3.42. The quantitative estimate of drug-likeness (QED) is 0.857.